The van der Waals surface area contributed by atoms with E-state index in [0.717, 1.165) is 19.3 Å². The van der Waals surface area contributed by atoms with E-state index in [2.05, 4.69) is 31.3 Å². The zero-order valence-electron chi connectivity index (χ0n) is 20.5. The Labute approximate surface area is 189 Å². The quantitative estimate of drug-likeness (QED) is 0.401. The molecule has 0 fully saturated rings. The molecule has 178 valence electrons. The van der Waals surface area contributed by atoms with E-state index in [4.69, 9.17) is 19.9 Å². The van der Waals surface area contributed by atoms with Crippen LogP contribution in [0.4, 0.5) is 0 Å². The minimum atomic E-state index is -0.330. The van der Waals surface area contributed by atoms with Crippen LogP contribution in [0.1, 0.15) is 78.7 Å². The molecular weight excluding hydrogens is 392 g/mol. The maximum atomic E-state index is 12.1. The van der Waals surface area contributed by atoms with Gasteiger partial charge in [0.2, 0.25) is 0 Å². The first-order chi connectivity index (χ1) is 14.6. The van der Waals surface area contributed by atoms with Gasteiger partial charge in [-0.25, -0.2) is 0 Å². The third-order valence-electron chi connectivity index (χ3n) is 5.56. The number of carbonyl (C=O) groups is 1. The molecule has 0 unspecified atom stereocenters. The highest BCUT2D eigenvalue weighted by Crippen LogP contribution is 2.25. The summed E-state index contributed by atoms with van der Waals surface area (Å²) in [6, 6.07) is 8.06. The fourth-order valence-electron chi connectivity index (χ4n) is 3.35. The Balaban J connectivity index is 2.28. The minimum Gasteiger partial charge on any atom is -0.484 e. The highest BCUT2D eigenvalue weighted by molar-refractivity contribution is 5.77. The number of nitrogens with two attached hydrogens (primary N) is 1. The number of benzene rings is 1. The van der Waals surface area contributed by atoms with E-state index < -0.39 is 0 Å². The molecule has 3 N–H and O–H groups in total. The molecule has 1 aromatic carbocycles. The first-order valence-electron chi connectivity index (χ1n) is 11.6. The second kappa shape index (κ2) is 13.7. The van der Waals surface area contributed by atoms with Crippen molar-refractivity contribution in [1.29, 1.82) is 0 Å². The number of nitrogens with one attached hydrogen (secondary N) is 1. The van der Waals surface area contributed by atoms with E-state index in [1.54, 1.807) is 0 Å². The Morgan fingerprint density at radius 1 is 0.968 bits per heavy atom. The summed E-state index contributed by atoms with van der Waals surface area (Å²) in [6.45, 7) is 14.8. The molecule has 0 aliphatic carbocycles. The Bertz CT molecular complexity index is 625. The summed E-state index contributed by atoms with van der Waals surface area (Å²) < 4.78 is 17.4. The van der Waals surface area contributed by atoms with Crippen molar-refractivity contribution in [1.82, 2.24) is 5.32 Å². The van der Waals surface area contributed by atoms with Gasteiger partial charge in [0.1, 0.15) is 5.75 Å². The SMILES string of the molecule is CCC(CC)c1ccc(OCC(=O)NCCC(C)(C)OCCC(C)(C)OCCN)cc1. The molecule has 0 atom stereocenters. The van der Waals surface area contributed by atoms with E-state index in [1.807, 2.05) is 39.8 Å². The smallest absolute Gasteiger partial charge is 0.257 e. The summed E-state index contributed by atoms with van der Waals surface area (Å²) in [5.41, 5.74) is 6.23. The first kappa shape index (κ1) is 27.4. The van der Waals surface area contributed by atoms with Gasteiger partial charge >= 0.3 is 0 Å². The predicted octanol–water partition coefficient (Wildman–Crippen LogP) is 4.41. The summed E-state index contributed by atoms with van der Waals surface area (Å²) in [5.74, 6) is 1.16. The molecule has 0 bridgehead atoms. The third-order valence-corrected chi connectivity index (χ3v) is 5.56. The summed E-state index contributed by atoms with van der Waals surface area (Å²) in [5, 5.41) is 2.91. The van der Waals surface area contributed by atoms with Gasteiger partial charge in [0, 0.05) is 13.1 Å². The summed E-state index contributed by atoms with van der Waals surface area (Å²) in [6.07, 6.45) is 3.75. The lowest BCUT2D eigenvalue weighted by Crippen LogP contribution is -2.36. The van der Waals surface area contributed by atoms with Crippen molar-refractivity contribution in [3.63, 3.8) is 0 Å². The van der Waals surface area contributed by atoms with E-state index in [1.165, 1.54) is 5.56 Å². The third kappa shape index (κ3) is 11.5. The number of ether oxygens (including phenoxy) is 3. The van der Waals surface area contributed by atoms with Gasteiger partial charge in [-0.05, 0) is 77.0 Å². The molecule has 1 amide bonds. The molecule has 0 heterocycles. The van der Waals surface area contributed by atoms with Crippen molar-refractivity contribution >= 4 is 5.91 Å². The lowest BCUT2D eigenvalue weighted by atomic mass is 9.94. The van der Waals surface area contributed by atoms with Gasteiger partial charge in [-0.1, -0.05) is 26.0 Å². The van der Waals surface area contributed by atoms with Crippen LogP contribution in [0.25, 0.3) is 0 Å². The predicted molar refractivity (Wildman–Crippen MR) is 127 cm³/mol. The van der Waals surface area contributed by atoms with Crippen molar-refractivity contribution < 1.29 is 19.0 Å². The Kier molecular flexibility index (Phi) is 12.1. The number of rotatable bonds is 16. The fraction of sp³-hybridized carbons (Fsp3) is 0.720. The van der Waals surface area contributed by atoms with Crippen LogP contribution in [-0.2, 0) is 14.3 Å². The van der Waals surface area contributed by atoms with Crippen molar-refractivity contribution in [2.45, 2.75) is 84.3 Å². The average molecular weight is 437 g/mol. The molecule has 0 aliphatic rings. The Morgan fingerprint density at radius 3 is 2.13 bits per heavy atom. The summed E-state index contributed by atoms with van der Waals surface area (Å²) in [7, 11) is 0. The molecule has 0 aliphatic heterocycles. The number of hydrogen-bond acceptors (Lipinski definition) is 5. The molecule has 0 saturated heterocycles. The van der Waals surface area contributed by atoms with Gasteiger partial charge in [0.15, 0.2) is 6.61 Å². The molecule has 1 rings (SSSR count). The van der Waals surface area contributed by atoms with Crippen molar-refractivity contribution in [2.75, 3.05) is 32.9 Å². The topological polar surface area (TPSA) is 82.8 Å². The molecule has 0 spiro atoms. The van der Waals surface area contributed by atoms with Crippen LogP contribution in [0.3, 0.4) is 0 Å². The molecular formula is C25H44N2O4. The van der Waals surface area contributed by atoms with Crippen molar-refractivity contribution in [3.8, 4) is 5.75 Å². The van der Waals surface area contributed by atoms with Crippen LogP contribution in [0.5, 0.6) is 5.75 Å². The van der Waals surface area contributed by atoms with E-state index >= 15 is 0 Å². The second-order valence-electron chi connectivity index (χ2n) is 9.23. The van der Waals surface area contributed by atoms with Gasteiger partial charge in [-0.2, -0.15) is 0 Å². The summed E-state index contributed by atoms with van der Waals surface area (Å²) >= 11 is 0. The van der Waals surface area contributed by atoms with Crippen LogP contribution in [0, 0.1) is 0 Å². The average Bonchev–Trinajstić information content (AvgIpc) is 2.72. The normalized spacial score (nSPS) is 12.3. The monoisotopic (exact) mass is 436 g/mol. The maximum Gasteiger partial charge on any atom is 0.257 e. The minimum absolute atomic E-state index is 0.0122. The number of hydrogen-bond donors (Lipinski definition) is 2. The van der Waals surface area contributed by atoms with Gasteiger partial charge in [-0.15, -0.1) is 0 Å². The second-order valence-corrected chi connectivity index (χ2v) is 9.23. The van der Waals surface area contributed by atoms with Crippen LogP contribution in [-0.4, -0.2) is 50.0 Å². The molecule has 6 heteroatoms. The number of carbonyl (C=O) groups excluding carboxylic acids is 1. The highest BCUT2D eigenvalue weighted by Gasteiger charge is 2.22. The van der Waals surface area contributed by atoms with Gasteiger partial charge in [0.25, 0.3) is 5.91 Å². The Hall–Kier alpha value is -1.63. The fourth-order valence-corrected chi connectivity index (χ4v) is 3.35. The van der Waals surface area contributed by atoms with Crippen molar-refractivity contribution in [2.24, 2.45) is 5.73 Å². The largest absolute Gasteiger partial charge is 0.484 e. The van der Waals surface area contributed by atoms with E-state index in [9.17, 15) is 4.79 Å². The van der Waals surface area contributed by atoms with Gasteiger partial charge in [-0.3, -0.25) is 4.79 Å². The summed E-state index contributed by atoms with van der Waals surface area (Å²) in [4.78, 5) is 12.1. The first-order valence-corrected chi connectivity index (χ1v) is 11.6. The molecule has 0 radical (unpaired) electrons. The molecule has 1 aromatic rings. The molecule has 6 nitrogen and oxygen atoms in total. The van der Waals surface area contributed by atoms with Crippen LogP contribution >= 0.6 is 0 Å². The lowest BCUT2D eigenvalue weighted by molar-refractivity contribution is -0.123. The van der Waals surface area contributed by atoms with E-state index in [0.29, 0.717) is 44.4 Å². The van der Waals surface area contributed by atoms with Crippen LogP contribution < -0.4 is 15.8 Å². The van der Waals surface area contributed by atoms with Gasteiger partial charge < -0.3 is 25.3 Å². The van der Waals surface area contributed by atoms with Crippen LogP contribution in [0.15, 0.2) is 24.3 Å². The highest BCUT2D eigenvalue weighted by atomic mass is 16.5. The zero-order chi connectivity index (χ0) is 23.3. The number of amides is 1. The van der Waals surface area contributed by atoms with Gasteiger partial charge in [0.05, 0.1) is 24.4 Å². The van der Waals surface area contributed by atoms with Crippen molar-refractivity contribution in [3.05, 3.63) is 29.8 Å². The maximum absolute atomic E-state index is 12.1. The van der Waals surface area contributed by atoms with E-state index in [-0.39, 0.29) is 23.7 Å². The molecule has 31 heavy (non-hydrogen) atoms. The molecule has 0 aromatic heterocycles. The standard InChI is InChI=1S/C25H44N2O4/c1-7-20(8-2)21-9-11-22(12-10-21)29-19-23(28)27-16-13-24(3,4)30-17-14-25(5,6)31-18-15-26/h9-12,20H,7-8,13-19,26H2,1-6H3,(H,27,28). The Morgan fingerprint density at radius 2 is 1.55 bits per heavy atom. The molecule has 0 saturated carbocycles. The lowest BCUT2D eigenvalue weighted by Gasteiger charge is -2.29. The van der Waals surface area contributed by atoms with Crippen LogP contribution in [0.2, 0.25) is 0 Å². The zero-order valence-corrected chi connectivity index (χ0v) is 20.5.